The van der Waals surface area contributed by atoms with Crippen LogP contribution in [0.15, 0.2) is 48.5 Å². The molecule has 28 heavy (non-hydrogen) atoms. The van der Waals surface area contributed by atoms with Gasteiger partial charge >= 0.3 is 12.1 Å². The fourth-order valence-electron chi connectivity index (χ4n) is 4.76. The van der Waals surface area contributed by atoms with Crippen molar-refractivity contribution in [2.45, 2.75) is 38.6 Å². The van der Waals surface area contributed by atoms with Crippen molar-refractivity contribution < 1.29 is 19.4 Å². The third kappa shape index (κ3) is 3.37. The molecule has 5 nitrogen and oxygen atoms in total. The molecule has 0 spiro atoms. The van der Waals surface area contributed by atoms with E-state index in [1.165, 1.54) is 11.1 Å². The molecular formula is C23H25NO4. The van der Waals surface area contributed by atoms with E-state index in [0.717, 1.165) is 11.1 Å². The van der Waals surface area contributed by atoms with Crippen molar-refractivity contribution in [3.63, 3.8) is 0 Å². The summed E-state index contributed by atoms with van der Waals surface area (Å²) in [6.45, 7) is 4.29. The Balaban J connectivity index is 1.45. The van der Waals surface area contributed by atoms with Crippen molar-refractivity contribution in [2.75, 3.05) is 6.61 Å². The van der Waals surface area contributed by atoms with Gasteiger partial charge in [0.15, 0.2) is 0 Å². The minimum atomic E-state index is -0.866. The zero-order valence-corrected chi connectivity index (χ0v) is 16.1. The lowest BCUT2D eigenvalue weighted by Gasteiger charge is -2.20. The largest absolute Gasteiger partial charge is 0.481 e. The molecule has 2 aliphatic rings. The molecule has 0 bridgehead atoms. The maximum absolute atomic E-state index is 12.4. The highest BCUT2D eigenvalue weighted by Gasteiger charge is 2.44. The van der Waals surface area contributed by atoms with Gasteiger partial charge in [0.1, 0.15) is 6.61 Å². The molecule has 5 heteroatoms. The number of benzene rings is 2. The zero-order valence-electron chi connectivity index (χ0n) is 16.1. The van der Waals surface area contributed by atoms with E-state index >= 15 is 0 Å². The molecule has 4 rings (SSSR count). The quantitative estimate of drug-likeness (QED) is 0.825. The van der Waals surface area contributed by atoms with Gasteiger partial charge < -0.3 is 15.2 Å². The second-order valence-electron chi connectivity index (χ2n) is 8.59. The molecule has 2 N–H and O–H groups in total. The molecule has 0 radical (unpaired) electrons. The number of nitrogens with one attached hydrogen (secondary N) is 1. The summed E-state index contributed by atoms with van der Waals surface area (Å²) in [5, 5.41) is 12.3. The van der Waals surface area contributed by atoms with Crippen molar-refractivity contribution >= 4 is 12.1 Å². The molecule has 2 atom stereocenters. The Morgan fingerprint density at radius 1 is 1.04 bits per heavy atom. The van der Waals surface area contributed by atoms with E-state index in [9.17, 15) is 14.7 Å². The number of hydrogen-bond acceptors (Lipinski definition) is 3. The summed E-state index contributed by atoms with van der Waals surface area (Å²) in [6, 6.07) is 15.9. The predicted molar refractivity (Wildman–Crippen MR) is 106 cm³/mol. The van der Waals surface area contributed by atoms with Gasteiger partial charge in [0.05, 0.1) is 5.92 Å². The van der Waals surface area contributed by atoms with Crippen molar-refractivity contribution in [1.29, 1.82) is 0 Å². The van der Waals surface area contributed by atoms with Crippen LogP contribution in [0, 0.1) is 11.3 Å². The second-order valence-corrected chi connectivity index (χ2v) is 8.59. The van der Waals surface area contributed by atoms with Crippen LogP contribution in [0.25, 0.3) is 11.1 Å². The van der Waals surface area contributed by atoms with Gasteiger partial charge in [-0.25, -0.2) is 4.79 Å². The number of alkyl carbamates (subject to hydrolysis) is 1. The molecule has 1 amide bonds. The van der Waals surface area contributed by atoms with Crippen LogP contribution in [-0.4, -0.2) is 29.8 Å². The Labute approximate surface area is 164 Å². The number of aliphatic carboxylic acids is 1. The average Bonchev–Trinajstić information content (AvgIpc) is 3.14. The molecule has 2 aromatic rings. The predicted octanol–water partition coefficient (Wildman–Crippen LogP) is 4.41. The highest BCUT2D eigenvalue weighted by Crippen LogP contribution is 2.45. The van der Waals surface area contributed by atoms with Crippen LogP contribution in [0.5, 0.6) is 0 Å². The number of carbonyl (C=O) groups is 2. The summed E-state index contributed by atoms with van der Waals surface area (Å²) < 4.78 is 5.55. The molecule has 146 valence electrons. The first kappa shape index (κ1) is 18.5. The molecule has 0 heterocycles. The van der Waals surface area contributed by atoms with E-state index < -0.39 is 24.0 Å². The van der Waals surface area contributed by atoms with Crippen LogP contribution in [-0.2, 0) is 9.53 Å². The normalized spacial score (nSPS) is 22.4. The Morgan fingerprint density at radius 3 is 2.18 bits per heavy atom. The highest BCUT2D eigenvalue weighted by molar-refractivity contribution is 5.79. The van der Waals surface area contributed by atoms with Gasteiger partial charge in [0, 0.05) is 12.0 Å². The number of carbonyl (C=O) groups excluding carboxylic acids is 1. The second kappa shape index (κ2) is 6.97. The van der Waals surface area contributed by atoms with Crippen LogP contribution in [0.1, 0.15) is 43.7 Å². The minimum absolute atomic E-state index is 0.00607. The zero-order chi connectivity index (χ0) is 19.9. The SMILES string of the molecule is CC1(C)C[C@@H](NC(=O)OCC2c3ccccc3-c3ccccc32)[C@H](C(=O)O)C1. The number of fused-ring (bicyclic) bond motifs is 3. The molecule has 0 aromatic heterocycles. The van der Waals surface area contributed by atoms with Crippen LogP contribution < -0.4 is 5.32 Å². The Hall–Kier alpha value is -2.82. The smallest absolute Gasteiger partial charge is 0.407 e. The van der Waals surface area contributed by atoms with Gasteiger partial charge in [0.25, 0.3) is 0 Å². The van der Waals surface area contributed by atoms with Gasteiger partial charge in [-0.05, 0) is 40.5 Å². The van der Waals surface area contributed by atoms with E-state index in [4.69, 9.17) is 4.74 Å². The lowest BCUT2D eigenvalue weighted by Crippen LogP contribution is -2.41. The summed E-state index contributed by atoms with van der Waals surface area (Å²) in [4.78, 5) is 24.0. The van der Waals surface area contributed by atoms with Crippen molar-refractivity contribution in [3.8, 4) is 11.1 Å². The lowest BCUT2D eigenvalue weighted by atomic mass is 9.90. The van der Waals surface area contributed by atoms with Crippen LogP contribution in [0.2, 0.25) is 0 Å². The maximum Gasteiger partial charge on any atom is 0.407 e. The molecule has 2 aliphatic carbocycles. The van der Waals surface area contributed by atoms with Gasteiger partial charge in [-0.1, -0.05) is 62.4 Å². The van der Waals surface area contributed by atoms with Crippen LogP contribution >= 0.6 is 0 Å². The molecule has 1 saturated carbocycles. The number of ether oxygens (including phenoxy) is 1. The number of carboxylic acids is 1. The average molecular weight is 379 g/mol. The van der Waals surface area contributed by atoms with E-state index in [1.807, 2.05) is 38.1 Å². The van der Waals surface area contributed by atoms with Gasteiger partial charge in [-0.2, -0.15) is 0 Å². The lowest BCUT2D eigenvalue weighted by molar-refractivity contribution is -0.142. The maximum atomic E-state index is 12.4. The summed E-state index contributed by atoms with van der Waals surface area (Å²) in [7, 11) is 0. The van der Waals surface area contributed by atoms with E-state index in [1.54, 1.807) is 0 Å². The number of carboxylic acid groups (broad SMARTS) is 1. The molecule has 0 aliphatic heterocycles. The monoisotopic (exact) mass is 379 g/mol. The first-order valence-corrected chi connectivity index (χ1v) is 9.70. The van der Waals surface area contributed by atoms with Crippen molar-refractivity contribution in [1.82, 2.24) is 5.32 Å². The van der Waals surface area contributed by atoms with Gasteiger partial charge in [-0.15, -0.1) is 0 Å². The van der Waals surface area contributed by atoms with Crippen molar-refractivity contribution in [2.24, 2.45) is 11.3 Å². The number of hydrogen-bond donors (Lipinski definition) is 2. The highest BCUT2D eigenvalue weighted by atomic mass is 16.5. The van der Waals surface area contributed by atoms with Crippen LogP contribution in [0.4, 0.5) is 4.79 Å². The van der Waals surface area contributed by atoms with E-state index in [2.05, 4.69) is 29.6 Å². The Kier molecular flexibility index (Phi) is 4.61. The summed E-state index contributed by atoms with van der Waals surface area (Å²) in [5.74, 6) is -1.45. The number of rotatable bonds is 4. The Morgan fingerprint density at radius 2 is 1.61 bits per heavy atom. The van der Waals surface area contributed by atoms with Crippen LogP contribution in [0.3, 0.4) is 0 Å². The fourth-order valence-corrected chi connectivity index (χ4v) is 4.76. The first-order chi connectivity index (χ1) is 13.4. The third-order valence-electron chi connectivity index (χ3n) is 5.99. The molecular weight excluding hydrogens is 354 g/mol. The summed E-state index contributed by atoms with van der Waals surface area (Å²) >= 11 is 0. The topological polar surface area (TPSA) is 75.6 Å². The summed E-state index contributed by atoms with van der Waals surface area (Å²) in [6.07, 6.45) is 0.640. The number of amides is 1. The van der Waals surface area contributed by atoms with E-state index in [0.29, 0.717) is 12.8 Å². The van der Waals surface area contributed by atoms with Gasteiger partial charge in [-0.3, -0.25) is 4.79 Å². The van der Waals surface area contributed by atoms with Crippen molar-refractivity contribution in [3.05, 3.63) is 59.7 Å². The van der Waals surface area contributed by atoms with E-state index in [-0.39, 0.29) is 17.9 Å². The standard InChI is InChI=1S/C23H25NO4/c1-23(2)11-18(21(25)26)20(12-23)24-22(27)28-13-19-16-9-5-3-7-14(16)15-8-4-6-10-17(15)19/h3-10,18-20H,11-13H2,1-2H3,(H,24,27)(H,25,26)/t18-,20-/m1/s1. The minimum Gasteiger partial charge on any atom is -0.481 e. The fraction of sp³-hybridized carbons (Fsp3) is 0.391. The molecule has 1 fully saturated rings. The molecule has 0 saturated heterocycles. The molecule has 0 unspecified atom stereocenters. The molecule has 2 aromatic carbocycles. The Bertz CT molecular complexity index is 875. The summed E-state index contributed by atoms with van der Waals surface area (Å²) in [5.41, 5.74) is 4.56. The first-order valence-electron chi connectivity index (χ1n) is 9.70. The third-order valence-corrected chi connectivity index (χ3v) is 5.99. The van der Waals surface area contributed by atoms with Gasteiger partial charge in [0.2, 0.25) is 0 Å².